The third-order valence-corrected chi connectivity index (χ3v) is 5.82. The van der Waals surface area contributed by atoms with E-state index in [1.807, 2.05) is 30.3 Å². The molecule has 0 aromatic heterocycles. The smallest absolute Gasteiger partial charge is 0.225 e. The molecule has 1 aliphatic rings. The second-order valence-electron chi connectivity index (χ2n) is 7.75. The van der Waals surface area contributed by atoms with Crippen molar-refractivity contribution in [3.8, 4) is 17.2 Å². The van der Waals surface area contributed by atoms with Crippen LogP contribution in [0.15, 0.2) is 42.5 Å². The van der Waals surface area contributed by atoms with Crippen LogP contribution < -0.4 is 19.5 Å². The largest absolute Gasteiger partial charge is 0.493 e. The molecule has 31 heavy (non-hydrogen) atoms. The first-order valence-electron chi connectivity index (χ1n) is 10.6. The lowest BCUT2D eigenvalue weighted by molar-refractivity contribution is -0.116. The Morgan fingerprint density at radius 3 is 2.23 bits per heavy atom. The maximum atomic E-state index is 12.5. The van der Waals surface area contributed by atoms with Gasteiger partial charge >= 0.3 is 0 Å². The summed E-state index contributed by atoms with van der Waals surface area (Å²) in [4.78, 5) is 14.8. The molecule has 0 bridgehead atoms. The number of piperidine rings is 1. The highest BCUT2D eigenvalue weighted by Crippen LogP contribution is 2.40. The van der Waals surface area contributed by atoms with Gasteiger partial charge in [0.1, 0.15) is 0 Å². The third kappa shape index (κ3) is 5.89. The van der Waals surface area contributed by atoms with Gasteiger partial charge in [-0.25, -0.2) is 0 Å². The second kappa shape index (κ2) is 11.0. The number of nitrogens with zero attached hydrogens (tertiary/aromatic N) is 1. The van der Waals surface area contributed by atoms with E-state index in [1.165, 1.54) is 0 Å². The Kier molecular flexibility index (Phi) is 8.14. The van der Waals surface area contributed by atoms with Crippen LogP contribution >= 0.6 is 0 Å². The molecule has 0 aliphatic carbocycles. The molecule has 1 saturated heterocycles. The maximum absolute atomic E-state index is 12.5. The van der Waals surface area contributed by atoms with E-state index in [0.717, 1.165) is 31.5 Å². The zero-order valence-corrected chi connectivity index (χ0v) is 18.5. The average Bonchev–Trinajstić information content (AvgIpc) is 2.82. The van der Waals surface area contributed by atoms with Crippen molar-refractivity contribution in [2.24, 2.45) is 5.92 Å². The van der Waals surface area contributed by atoms with E-state index in [2.05, 4.69) is 10.2 Å². The van der Waals surface area contributed by atoms with Crippen molar-refractivity contribution in [1.29, 1.82) is 0 Å². The van der Waals surface area contributed by atoms with Crippen LogP contribution in [0.25, 0.3) is 0 Å². The topological polar surface area (TPSA) is 80.3 Å². The average molecular weight is 429 g/mol. The zero-order chi connectivity index (χ0) is 22.2. The minimum Gasteiger partial charge on any atom is -0.493 e. The van der Waals surface area contributed by atoms with Crippen LogP contribution in [0.1, 0.15) is 30.9 Å². The summed E-state index contributed by atoms with van der Waals surface area (Å²) in [6.07, 6.45) is 1.81. The summed E-state index contributed by atoms with van der Waals surface area (Å²) in [7, 11) is 4.63. The number of methoxy groups -OCH3 is 3. The molecular formula is C24H32N2O5. The van der Waals surface area contributed by atoms with Crippen LogP contribution in [0.4, 0.5) is 5.69 Å². The molecule has 3 rings (SSSR count). The van der Waals surface area contributed by atoms with Gasteiger partial charge in [-0.3, -0.25) is 4.79 Å². The summed E-state index contributed by atoms with van der Waals surface area (Å²) in [6, 6.07) is 13.3. The molecule has 1 aliphatic heterocycles. The lowest BCUT2D eigenvalue weighted by Crippen LogP contribution is -2.37. The van der Waals surface area contributed by atoms with Crippen molar-refractivity contribution in [1.82, 2.24) is 4.90 Å². The molecule has 7 heteroatoms. The highest BCUT2D eigenvalue weighted by atomic mass is 16.5. The number of carbonyl (C=O) groups excluding carboxylic acids is 1. The predicted octanol–water partition coefficient (Wildman–Crippen LogP) is 3.49. The van der Waals surface area contributed by atoms with E-state index < -0.39 is 6.10 Å². The van der Waals surface area contributed by atoms with Gasteiger partial charge in [0.05, 0.1) is 27.4 Å². The fourth-order valence-electron chi connectivity index (χ4n) is 4.05. The molecule has 0 radical (unpaired) electrons. The summed E-state index contributed by atoms with van der Waals surface area (Å²) in [5.41, 5.74) is 1.58. The van der Waals surface area contributed by atoms with Crippen LogP contribution in [0, 0.1) is 5.92 Å². The zero-order valence-electron chi connectivity index (χ0n) is 18.5. The van der Waals surface area contributed by atoms with Gasteiger partial charge in [0.15, 0.2) is 11.5 Å². The Morgan fingerprint density at radius 1 is 1.06 bits per heavy atom. The highest BCUT2D eigenvalue weighted by molar-refractivity contribution is 5.91. The van der Waals surface area contributed by atoms with E-state index >= 15 is 0 Å². The Morgan fingerprint density at radius 2 is 1.68 bits per heavy atom. The Bertz CT molecular complexity index is 825. The van der Waals surface area contributed by atoms with E-state index in [0.29, 0.717) is 35.9 Å². The quantitative estimate of drug-likeness (QED) is 0.637. The molecule has 168 valence electrons. The molecular weight excluding hydrogens is 396 g/mol. The van der Waals surface area contributed by atoms with Crippen molar-refractivity contribution in [3.63, 3.8) is 0 Å². The highest BCUT2D eigenvalue weighted by Gasteiger charge is 2.26. The lowest BCUT2D eigenvalue weighted by atomic mass is 9.87. The summed E-state index contributed by atoms with van der Waals surface area (Å²) >= 11 is 0. The first-order chi connectivity index (χ1) is 15.0. The Hall–Kier alpha value is -2.77. The third-order valence-electron chi connectivity index (χ3n) is 5.82. The van der Waals surface area contributed by atoms with Crippen LogP contribution in [-0.2, 0) is 4.79 Å². The molecule has 1 unspecified atom stereocenters. The second-order valence-corrected chi connectivity index (χ2v) is 7.75. The first kappa shape index (κ1) is 22.9. The van der Waals surface area contributed by atoms with Crippen LogP contribution in [-0.4, -0.2) is 56.9 Å². The molecule has 2 aromatic rings. The molecule has 1 atom stereocenters. The summed E-state index contributed by atoms with van der Waals surface area (Å²) in [6.45, 7) is 2.45. The van der Waals surface area contributed by atoms with Crippen LogP contribution in [0.2, 0.25) is 0 Å². The van der Waals surface area contributed by atoms with Gasteiger partial charge in [-0.15, -0.1) is 0 Å². The molecule has 1 heterocycles. The summed E-state index contributed by atoms with van der Waals surface area (Å²) in [5.74, 6) is 1.67. The SMILES string of the molecule is COc1cc(NC(=O)CCN2CCC(C(O)c3ccccc3)CC2)cc(OC)c1OC. The Balaban J connectivity index is 1.48. The normalized spacial score (nSPS) is 15.9. The lowest BCUT2D eigenvalue weighted by Gasteiger charge is -2.34. The molecule has 1 fully saturated rings. The molecule has 2 aromatic carbocycles. The van der Waals surface area contributed by atoms with Crippen molar-refractivity contribution in [3.05, 3.63) is 48.0 Å². The van der Waals surface area contributed by atoms with Crippen molar-refractivity contribution in [2.45, 2.75) is 25.4 Å². The van der Waals surface area contributed by atoms with Crippen molar-refractivity contribution >= 4 is 11.6 Å². The standard InChI is InChI=1S/C24H32N2O5/c1-29-20-15-19(16-21(30-2)24(20)31-3)25-22(27)11-14-26-12-9-18(10-13-26)23(28)17-7-5-4-6-8-17/h4-8,15-16,18,23,28H,9-14H2,1-3H3,(H,25,27). The first-order valence-corrected chi connectivity index (χ1v) is 10.6. The van der Waals surface area contributed by atoms with Gasteiger partial charge in [-0.2, -0.15) is 0 Å². The monoisotopic (exact) mass is 428 g/mol. The van der Waals surface area contributed by atoms with Crippen molar-refractivity contribution in [2.75, 3.05) is 46.3 Å². The van der Waals surface area contributed by atoms with Crippen LogP contribution in [0.3, 0.4) is 0 Å². The Labute approximate surface area is 183 Å². The summed E-state index contributed by atoms with van der Waals surface area (Å²) < 4.78 is 16.0. The number of amides is 1. The van der Waals surface area contributed by atoms with Gasteiger partial charge in [0.2, 0.25) is 11.7 Å². The fraction of sp³-hybridized carbons (Fsp3) is 0.458. The number of hydrogen-bond donors (Lipinski definition) is 2. The van der Waals surface area contributed by atoms with E-state index in [9.17, 15) is 9.90 Å². The van der Waals surface area contributed by atoms with Gasteiger partial charge < -0.3 is 29.5 Å². The number of likely N-dealkylation sites (tertiary alicyclic amines) is 1. The predicted molar refractivity (Wildman–Crippen MR) is 120 cm³/mol. The van der Waals surface area contributed by atoms with Gasteiger partial charge in [0, 0.05) is 30.8 Å². The number of anilines is 1. The minimum absolute atomic E-state index is 0.0688. The van der Waals surface area contributed by atoms with Gasteiger partial charge in [0.25, 0.3) is 0 Å². The number of hydrogen-bond acceptors (Lipinski definition) is 6. The number of aliphatic hydroxyl groups excluding tert-OH is 1. The molecule has 7 nitrogen and oxygen atoms in total. The van der Waals surface area contributed by atoms with Gasteiger partial charge in [-0.1, -0.05) is 30.3 Å². The summed E-state index contributed by atoms with van der Waals surface area (Å²) in [5, 5.41) is 13.5. The van der Waals surface area contributed by atoms with E-state index in [4.69, 9.17) is 14.2 Å². The maximum Gasteiger partial charge on any atom is 0.225 e. The van der Waals surface area contributed by atoms with Crippen LogP contribution in [0.5, 0.6) is 17.2 Å². The number of carbonyl (C=O) groups is 1. The van der Waals surface area contributed by atoms with E-state index in [-0.39, 0.29) is 11.8 Å². The number of nitrogens with one attached hydrogen (secondary N) is 1. The number of rotatable bonds is 9. The number of aliphatic hydroxyl groups is 1. The number of benzene rings is 2. The fourth-order valence-corrected chi connectivity index (χ4v) is 4.05. The molecule has 0 saturated carbocycles. The molecule has 0 spiro atoms. The van der Waals surface area contributed by atoms with Crippen molar-refractivity contribution < 1.29 is 24.1 Å². The molecule has 2 N–H and O–H groups in total. The minimum atomic E-state index is -0.424. The molecule has 1 amide bonds. The van der Waals surface area contributed by atoms with E-state index in [1.54, 1.807) is 33.5 Å². The number of ether oxygens (including phenoxy) is 3. The van der Waals surface area contributed by atoms with Gasteiger partial charge in [-0.05, 0) is 37.4 Å².